The maximum atomic E-state index is 2.45. The highest BCUT2D eigenvalue weighted by molar-refractivity contribution is 5.47. The third kappa shape index (κ3) is 3.61. The van der Waals surface area contributed by atoms with Gasteiger partial charge in [0.05, 0.1) is 0 Å². The SMILES string of the molecule is CC(C)c1cc(C(C)C)c(C(C)(C)C)c(C(C)C)c1. The summed E-state index contributed by atoms with van der Waals surface area (Å²) in [5.41, 5.74) is 6.36. The molecule has 0 saturated heterocycles. The predicted octanol–water partition coefficient (Wildman–Crippen LogP) is 6.35. The molecule has 1 rings (SSSR count). The Morgan fingerprint density at radius 2 is 1.05 bits per heavy atom. The van der Waals surface area contributed by atoms with Crippen LogP contribution in [0.5, 0.6) is 0 Å². The van der Waals surface area contributed by atoms with Crippen molar-refractivity contribution in [2.24, 2.45) is 0 Å². The molecule has 0 radical (unpaired) electrons. The molecule has 0 aliphatic carbocycles. The van der Waals surface area contributed by atoms with Gasteiger partial charge in [0.15, 0.2) is 0 Å². The molecule has 1 aromatic carbocycles. The van der Waals surface area contributed by atoms with Crippen molar-refractivity contribution in [1.82, 2.24) is 0 Å². The monoisotopic (exact) mass is 260 g/mol. The van der Waals surface area contributed by atoms with Gasteiger partial charge in [0.2, 0.25) is 0 Å². The van der Waals surface area contributed by atoms with Gasteiger partial charge in [-0.05, 0) is 45.4 Å². The van der Waals surface area contributed by atoms with E-state index in [1.165, 1.54) is 5.56 Å². The summed E-state index contributed by atoms with van der Waals surface area (Å²) in [5, 5.41) is 0. The summed E-state index contributed by atoms with van der Waals surface area (Å²) < 4.78 is 0. The van der Waals surface area contributed by atoms with E-state index in [1.54, 1.807) is 16.7 Å². The Labute approximate surface area is 120 Å². The van der Waals surface area contributed by atoms with Crippen molar-refractivity contribution in [2.45, 2.75) is 85.5 Å². The summed E-state index contributed by atoms with van der Waals surface area (Å²) in [5.74, 6) is 1.78. The molecule has 0 nitrogen and oxygen atoms in total. The molecule has 1 aromatic rings. The van der Waals surface area contributed by atoms with E-state index < -0.39 is 0 Å². The van der Waals surface area contributed by atoms with Crippen molar-refractivity contribution in [1.29, 1.82) is 0 Å². The van der Waals surface area contributed by atoms with Gasteiger partial charge < -0.3 is 0 Å². The van der Waals surface area contributed by atoms with Gasteiger partial charge in [-0.3, -0.25) is 0 Å². The van der Waals surface area contributed by atoms with Gasteiger partial charge in [0.1, 0.15) is 0 Å². The van der Waals surface area contributed by atoms with Gasteiger partial charge in [-0.2, -0.15) is 0 Å². The first kappa shape index (κ1) is 16.3. The number of rotatable bonds is 3. The van der Waals surface area contributed by atoms with Gasteiger partial charge in [-0.15, -0.1) is 0 Å². The molecule has 0 atom stereocenters. The molecule has 0 aliphatic heterocycles. The third-order valence-corrected chi connectivity index (χ3v) is 3.88. The van der Waals surface area contributed by atoms with Crippen LogP contribution in [0.1, 0.15) is 102 Å². The molecule has 0 heteroatoms. The molecule has 0 aromatic heterocycles. The van der Waals surface area contributed by atoms with Crippen LogP contribution in [0.3, 0.4) is 0 Å². The van der Waals surface area contributed by atoms with Crippen LogP contribution in [0.25, 0.3) is 0 Å². The van der Waals surface area contributed by atoms with Crippen LogP contribution >= 0.6 is 0 Å². The Hall–Kier alpha value is -0.780. The topological polar surface area (TPSA) is 0 Å². The molecule has 0 bridgehead atoms. The van der Waals surface area contributed by atoms with Crippen LogP contribution in [0.4, 0.5) is 0 Å². The lowest BCUT2D eigenvalue weighted by molar-refractivity contribution is 0.562. The van der Waals surface area contributed by atoms with Crippen molar-refractivity contribution >= 4 is 0 Å². The van der Waals surface area contributed by atoms with E-state index in [4.69, 9.17) is 0 Å². The first-order valence-corrected chi connectivity index (χ1v) is 7.73. The van der Waals surface area contributed by atoms with E-state index in [9.17, 15) is 0 Å². The molecule has 0 saturated carbocycles. The molecule has 0 spiro atoms. The molecule has 0 aliphatic rings. The van der Waals surface area contributed by atoms with Crippen LogP contribution in [-0.4, -0.2) is 0 Å². The van der Waals surface area contributed by atoms with E-state index >= 15 is 0 Å². The van der Waals surface area contributed by atoms with Gasteiger partial charge in [0.25, 0.3) is 0 Å². The first-order valence-electron chi connectivity index (χ1n) is 7.73. The minimum Gasteiger partial charge on any atom is -0.0587 e. The lowest BCUT2D eigenvalue weighted by Gasteiger charge is -2.31. The lowest BCUT2D eigenvalue weighted by Crippen LogP contribution is -2.19. The van der Waals surface area contributed by atoms with Crippen molar-refractivity contribution in [3.8, 4) is 0 Å². The predicted molar refractivity (Wildman–Crippen MR) is 87.4 cm³/mol. The fraction of sp³-hybridized carbons (Fsp3) is 0.684. The fourth-order valence-corrected chi connectivity index (χ4v) is 2.82. The highest BCUT2D eigenvalue weighted by Gasteiger charge is 2.25. The third-order valence-electron chi connectivity index (χ3n) is 3.88. The average molecular weight is 260 g/mol. The summed E-state index contributed by atoms with van der Waals surface area (Å²) in [6, 6.07) is 4.89. The minimum atomic E-state index is 0.217. The summed E-state index contributed by atoms with van der Waals surface area (Å²) in [6.07, 6.45) is 0. The van der Waals surface area contributed by atoms with Crippen molar-refractivity contribution in [3.63, 3.8) is 0 Å². The maximum Gasteiger partial charge on any atom is -0.0126 e. The molecule has 0 fully saturated rings. The number of hydrogen-bond donors (Lipinski definition) is 0. The Bertz CT molecular complexity index is 399. The van der Waals surface area contributed by atoms with E-state index in [1.807, 2.05) is 0 Å². The smallest absolute Gasteiger partial charge is 0.0126 e. The molecule has 19 heavy (non-hydrogen) atoms. The number of hydrogen-bond acceptors (Lipinski definition) is 0. The van der Waals surface area contributed by atoms with Crippen LogP contribution < -0.4 is 0 Å². The van der Waals surface area contributed by atoms with Crippen LogP contribution in [0, 0.1) is 0 Å². The van der Waals surface area contributed by atoms with Crippen molar-refractivity contribution in [3.05, 3.63) is 34.4 Å². The zero-order valence-electron chi connectivity index (χ0n) is 14.4. The molecule has 0 heterocycles. The first-order chi connectivity index (χ1) is 8.55. The van der Waals surface area contributed by atoms with Crippen LogP contribution in [0.2, 0.25) is 0 Å². The second kappa shape index (κ2) is 5.69. The summed E-state index contributed by atoms with van der Waals surface area (Å²) in [4.78, 5) is 0. The van der Waals surface area contributed by atoms with Crippen molar-refractivity contribution < 1.29 is 0 Å². The normalized spacial score (nSPS) is 12.8. The number of benzene rings is 1. The van der Waals surface area contributed by atoms with E-state index in [0.717, 1.165) is 0 Å². The van der Waals surface area contributed by atoms with Crippen LogP contribution in [-0.2, 0) is 5.41 Å². The fourth-order valence-electron chi connectivity index (χ4n) is 2.82. The molecule has 0 unspecified atom stereocenters. The zero-order chi connectivity index (χ0) is 15.0. The summed E-state index contributed by atoms with van der Waals surface area (Å²) in [7, 11) is 0. The molecular weight excluding hydrogens is 228 g/mol. The van der Waals surface area contributed by atoms with Gasteiger partial charge in [-0.25, -0.2) is 0 Å². The summed E-state index contributed by atoms with van der Waals surface area (Å²) >= 11 is 0. The van der Waals surface area contributed by atoms with Gasteiger partial charge in [0, 0.05) is 0 Å². The second-order valence-corrected chi connectivity index (χ2v) is 7.79. The molecule has 0 amide bonds. The second-order valence-electron chi connectivity index (χ2n) is 7.79. The Balaban J connectivity index is 3.66. The average Bonchev–Trinajstić information content (AvgIpc) is 2.25. The largest absolute Gasteiger partial charge is 0.0587 e. The standard InChI is InChI=1S/C19H32/c1-12(2)15-10-16(13(3)4)18(19(7,8)9)17(11-15)14(5)6/h10-14H,1-9H3. The molecule has 108 valence electrons. The highest BCUT2D eigenvalue weighted by Crippen LogP contribution is 2.38. The van der Waals surface area contributed by atoms with E-state index in [0.29, 0.717) is 17.8 Å². The Kier molecular flexibility index (Phi) is 4.87. The van der Waals surface area contributed by atoms with Crippen LogP contribution in [0.15, 0.2) is 12.1 Å². The quantitative estimate of drug-likeness (QED) is 0.593. The van der Waals surface area contributed by atoms with E-state index in [2.05, 4.69) is 74.4 Å². The Morgan fingerprint density at radius 1 is 0.684 bits per heavy atom. The molecule has 0 N–H and O–H groups in total. The molecular formula is C19H32. The van der Waals surface area contributed by atoms with Gasteiger partial charge in [-0.1, -0.05) is 74.4 Å². The maximum absolute atomic E-state index is 2.45. The van der Waals surface area contributed by atoms with Crippen molar-refractivity contribution in [2.75, 3.05) is 0 Å². The lowest BCUT2D eigenvalue weighted by atomic mass is 9.74. The highest BCUT2D eigenvalue weighted by atomic mass is 14.3. The summed E-state index contributed by atoms with van der Waals surface area (Å²) in [6.45, 7) is 20.9. The van der Waals surface area contributed by atoms with E-state index in [-0.39, 0.29) is 5.41 Å². The van der Waals surface area contributed by atoms with Gasteiger partial charge >= 0.3 is 0 Å². The minimum absolute atomic E-state index is 0.217. The Morgan fingerprint density at radius 3 is 1.26 bits per heavy atom. The zero-order valence-corrected chi connectivity index (χ0v) is 14.4.